The van der Waals surface area contributed by atoms with Crippen LogP contribution < -0.4 is 5.48 Å². The number of halogens is 1. The van der Waals surface area contributed by atoms with Crippen molar-refractivity contribution < 1.29 is 4.84 Å². The number of hydroxylamine groups is 1. The van der Waals surface area contributed by atoms with Crippen LogP contribution in [0.5, 0.6) is 0 Å². The molecule has 4 aliphatic rings. The molecule has 0 saturated carbocycles. The Kier molecular flexibility index (Phi) is 3.01. The first-order chi connectivity index (χ1) is 11.2. The fourth-order valence-electron chi connectivity index (χ4n) is 4.12. The minimum absolute atomic E-state index is 0.110. The van der Waals surface area contributed by atoms with Gasteiger partial charge in [0, 0.05) is 13.0 Å². The van der Waals surface area contributed by atoms with E-state index < -0.39 is 0 Å². The van der Waals surface area contributed by atoms with Crippen LogP contribution in [0.3, 0.4) is 0 Å². The van der Waals surface area contributed by atoms with Crippen molar-refractivity contribution >= 4 is 33.1 Å². The van der Waals surface area contributed by atoms with Crippen LogP contribution >= 0.6 is 15.9 Å². The zero-order valence-corrected chi connectivity index (χ0v) is 14.2. The molecule has 6 rings (SSSR count). The summed E-state index contributed by atoms with van der Waals surface area (Å²) in [5.74, 6) is 2.15. The lowest BCUT2D eigenvalue weighted by atomic mass is 9.74. The molecule has 1 unspecified atom stereocenters. The molecule has 7 nitrogen and oxygen atoms in total. The van der Waals surface area contributed by atoms with Crippen molar-refractivity contribution in [2.24, 2.45) is 10.9 Å². The Morgan fingerprint density at radius 3 is 3.00 bits per heavy atom. The lowest BCUT2D eigenvalue weighted by Crippen LogP contribution is -2.59. The van der Waals surface area contributed by atoms with Crippen LogP contribution in [0.25, 0.3) is 5.52 Å². The second-order valence-corrected chi connectivity index (χ2v) is 7.40. The molecular weight excluding hydrogens is 360 g/mol. The molecule has 1 N–H and O–H groups in total. The first-order valence-electron chi connectivity index (χ1n) is 7.96. The van der Waals surface area contributed by atoms with E-state index in [1.165, 1.54) is 32.3 Å². The molecule has 0 amide bonds. The summed E-state index contributed by atoms with van der Waals surface area (Å²) in [5, 5.41) is 4.22. The van der Waals surface area contributed by atoms with Gasteiger partial charge in [0.25, 0.3) is 0 Å². The van der Waals surface area contributed by atoms with Gasteiger partial charge in [-0.25, -0.2) is 14.5 Å². The zero-order chi connectivity index (χ0) is 15.4. The minimum Gasteiger partial charge on any atom is -0.300 e. The van der Waals surface area contributed by atoms with Gasteiger partial charge < -0.3 is 4.90 Å². The molecule has 1 spiro atoms. The Morgan fingerprint density at radius 2 is 2.22 bits per heavy atom. The van der Waals surface area contributed by atoms with E-state index in [0.717, 1.165) is 28.9 Å². The fraction of sp³-hybridized carbons (Fsp3) is 0.533. The van der Waals surface area contributed by atoms with Crippen molar-refractivity contribution in [3.63, 3.8) is 0 Å². The third-order valence-corrected chi connectivity index (χ3v) is 5.89. The predicted molar refractivity (Wildman–Crippen MR) is 88.5 cm³/mol. The summed E-state index contributed by atoms with van der Waals surface area (Å²) in [5.41, 5.74) is 3.83. The maximum absolute atomic E-state index is 6.04. The Morgan fingerprint density at radius 1 is 1.35 bits per heavy atom. The van der Waals surface area contributed by atoms with Gasteiger partial charge in [0.05, 0.1) is 0 Å². The smallest absolute Gasteiger partial charge is 0.181 e. The molecule has 8 heteroatoms. The zero-order valence-electron chi connectivity index (χ0n) is 12.6. The Bertz CT molecular complexity index is 796. The van der Waals surface area contributed by atoms with Crippen molar-refractivity contribution in [3.05, 3.63) is 23.1 Å². The predicted octanol–water partition coefficient (Wildman–Crippen LogP) is 1.91. The average molecular weight is 377 g/mol. The average Bonchev–Trinajstić information content (AvgIpc) is 3.14. The number of hydrogen-bond acceptors (Lipinski definition) is 5. The number of nitrogens with one attached hydrogen (secondary N) is 1. The molecule has 0 aliphatic carbocycles. The maximum atomic E-state index is 6.04. The summed E-state index contributed by atoms with van der Waals surface area (Å²) in [6.45, 7) is 3.40. The molecule has 2 bridgehead atoms. The minimum atomic E-state index is -0.110. The molecule has 0 aromatic carbocycles. The lowest BCUT2D eigenvalue weighted by Gasteiger charge is -2.49. The van der Waals surface area contributed by atoms with Crippen molar-refractivity contribution in [1.82, 2.24) is 25.0 Å². The highest BCUT2D eigenvalue weighted by atomic mass is 79.9. The fourth-order valence-corrected chi connectivity index (χ4v) is 4.54. The van der Waals surface area contributed by atoms with E-state index in [1.54, 1.807) is 4.52 Å². The summed E-state index contributed by atoms with van der Waals surface area (Å²) in [4.78, 5) is 17.6. The SMILES string of the molecule is Brc1ccc2c(N=C3CC4(CN5CCC4CC5)ON3)ncnn12. The van der Waals surface area contributed by atoms with E-state index in [0.29, 0.717) is 11.7 Å². The van der Waals surface area contributed by atoms with Crippen molar-refractivity contribution in [2.75, 3.05) is 19.6 Å². The third kappa shape index (κ3) is 2.12. The molecule has 4 saturated heterocycles. The van der Waals surface area contributed by atoms with E-state index in [1.807, 2.05) is 12.1 Å². The molecule has 4 aliphatic heterocycles. The highest BCUT2D eigenvalue weighted by molar-refractivity contribution is 9.10. The molecule has 23 heavy (non-hydrogen) atoms. The number of piperidine rings is 3. The van der Waals surface area contributed by atoms with Gasteiger partial charge in [-0.2, -0.15) is 5.10 Å². The molecular formula is C15H17BrN6O. The van der Waals surface area contributed by atoms with Crippen LogP contribution in [-0.2, 0) is 4.84 Å². The van der Waals surface area contributed by atoms with Crippen LogP contribution in [0, 0.1) is 5.92 Å². The van der Waals surface area contributed by atoms with Gasteiger partial charge in [0.2, 0.25) is 0 Å². The van der Waals surface area contributed by atoms with Crippen molar-refractivity contribution in [3.8, 4) is 0 Å². The van der Waals surface area contributed by atoms with Gasteiger partial charge in [-0.1, -0.05) is 0 Å². The van der Waals surface area contributed by atoms with E-state index in [9.17, 15) is 0 Å². The Hall–Kier alpha value is -1.51. The molecule has 4 fully saturated rings. The number of rotatable bonds is 1. The standard InChI is InChI=1S/C15H17BrN6O/c16-12-2-1-11-14(17-9-18-22(11)12)19-13-7-15(23-20-13)8-21-5-3-10(15)4-6-21/h1-2,9-10H,3-8H2,(H,17,18,19,20). The summed E-state index contributed by atoms with van der Waals surface area (Å²) in [6.07, 6.45) is 4.79. The van der Waals surface area contributed by atoms with E-state index in [2.05, 4.69) is 36.4 Å². The van der Waals surface area contributed by atoms with E-state index in [-0.39, 0.29) is 5.60 Å². The van der Waals surface area contributed by atoms with Gasteiger partial charge in [0.1, 0.15) is 27.9 Å². The second-order valence-electron chi connectivity index (χ2n) is 6.59. The number of aromatic nitrogens is 3. The van der Waals surface area contributed by atoms with Crippen LogP contribution in [0.4, 0.5) is 5.82 Å². The number of amidine groups is 1. The molecule has 2 aromatic heterocycles. The van der Waals surface area contributed by atoms with Crippen LogP contribution in [-0.4, -0.2) is 50.6 Å². The lowest BCUT2D eigenvalue weighted by molar-refractivity contribution is -0.150. The van der Waals surface area contributed by atoms with Gasteiger partial charge in [-0.15, -0.1) is 0 Å². The highest BCUT2D eigenvalue weighted by Crippen LogP contribution is 2.42. The van der Waals surface area contributed by atoms with Crippen LogP contribution in [0.2, 0.25) is 0 Å². The number of fused-ring (bicyclic) bond motifs is 3. The maximum Gasteiger partial charge on any atom is 0.181 e. The first kappa shape index (κ1) is 13.9. The topological polar surface area (TPSA) is 67.0 Å². The Balaban J connectivity index is 1.47. The van der Waals surface area contributed by atoms with Gasteiger partial charge in [-0.05, 0) is 59.9 Å². The van der Waals surface area contributed by atoms with Gasteiger partial charge in [-0.3, -0.25) is 10.3 Å². The molecule has 1 atom stereocenters. The third-order valence-electron chi connectivity index (χ3n) is 5.29. The second kappa shape index (κ2) is 4.99. The summed E-state index contributed by atoms with van der Waals surface area (Å²) >= 11 is 3.47. The van der Waals surface area contributed by atoms with Crippen LogP contribution in [0.15, 0.2) is 28.1 Å². The highest BCUT2D eigenvalue weighted by Gasteiger charge is 2.52. The molecule has 0 radical (unpaired) electrons. The van der Waals surface area contributed by atoms with Crippen molar-refractivity contribution in [1.29, 1.82) is 0 Å². The van der Waals surface area contributed by atoms with Crippen molar-refractivity contribution in [2.45, 2.75) is 24.9 Å². The molecule has 120 valence electrons. The van der Waals surface area contributed by atoms with Gasteiger partial charge >= 0.3 is 0 Å². The summed E-state index contributed by atoms with van der Waals surface area (Å²) in [6, 6.07) is 3.91. The number of nitrogens with zero attached hydrogens (tertiary/aromatic N) is 5. The molecule has 6 heterocycles. The summed E-state index contributed by atoms with van der Waals surface area (Å²) < 4.78 is 2.67. The van der Waals surface area contributed by atoms with Crippen LogP contribution in [0.1, 0.15) is 19.3 Å². The number of aliphatic imine (C=N–C) groups is 1. The quantitative estimate of drug-likeness (QED) is 0.823. The summed E-state index contributed by atoms with van der Waals surface area (Å²) in [7, 11) is 0. The monoisotopic (exact) mass is 376 g/mol. The normalized spacial score (nSPS) is 34.6. The molecule has 2 aromatic rings. The Labute approximate surface area is 141 Å². The van der Waals surface area contributed by atoms with Gasteiger partial charge in [0.15, 0.2) is 5.82 Å². The first-order valence-corrected chi connectivity index (χ1v) is 8.75. The van der Waals surface area contributed by atoms with E-state index in [4.69, 9.17) is 9.83 Å². The largest absolute Gasteiger partial charge is 0.300 e. The van der Waals surface area contributed by atoms with E-state index >= 15 is 0 Å². The number of hydrogen-bond donors (Lipinski definition) is 1.